The average Bonchev–Trinajstić information content (AvgIpc) is 2.40. The van der Waals surface area contributed by atoms with Gasteiger partial charge in [0.2, 0.25) is 6.20 Å². The number of pyridine rings is 1. The Kier molecular flexibility index (Phi) is 3.47. The van der Waals surface area contributed by atoms with Gasteiger partial charge < -0.3 is 5.11 Å². The molecule has 2 rings (SSSR count). The van der Waals surface area contributed by atoms with E-state index in [1.165, 1.54) is 4.68 Å². The fourth-order valence-corrected chi connectivity index (χ4v) is 1.46. The number of aliphatic hydroxyl groups excluding tert-OH is 1. The predicted molar refractivity (Wildman–Crippen MR) is 62.7 cm³/mol. The van der Waals surface area contributed by atoms with Crippen LogP contribution in [0.2, 0.25) is 0 Å². The van der Waals surface area contributed by atoms with E-state index >= 15 is 0 Å². The van der Waals surface area contributed by atoms with Crippen molar-refractivity contribution < 1.29 is 14.6 Å². The molecule has 2 aromatic rings. The van der Waals surface area contributed by atoms with Crippen molar-refractivity contribution in [3.05, 3.63) is 66.0 Å². The highest BCUT2D eigenvalue weighted by molar-refractivity contribution is 5.98. The predicted octanol–water partition coefficient (Wildman–Crippen LogP) is 0.850. The molecular weight excluding hydrogens is 216 g/mol. The third-order valence-electron chi connectivity index (χ3n) is 2.31. The van der Waals surface area contributed by atoms with E-state index in [0.717, 1.165) is 5.56 Å². The maximum Gasteiger partial charge on any atom is 0.305 e. The molecule has 0 aliphatic carbocycles. The summed E-state index contributed by atoms with van der Waals surface area (Å²) in [6.45, 7) is -0.0535. The zero-order valence-corrected chi connectivity index (χ0v) is 9.21. The summed E-state index contributed by atoms with van der Waals surface area (Å²) in [6.07, 6.45) is 3.38. The first-order valence-electron chi connectivity index (χ1n) is 5.27. The van der Waals surface area contributed by atoms with Crippen LogP contribution in [0.4, 0.5) is 0 Å². The number of hydrogen-bond donors (Lipinski definition) is 2. The number of carbonyl (C=O) groups is 1. The minimum atomic E-state index is -0.189. The van der Waals surface area contributed by atoms with E-state index in [2.05, 4.69) is 5.43 Å². The van der Waals surface area contributed by atoms with Crippen LogP contribution in [0.3, 0.4) is 0 Å². The molecule has 0 aliphatic heterocycles. The van der Waals surface area contributed by atoms with E-state index < -0.39 is 0 Å². The molecule has 0 aliphatic rings. The standard InChI is InChI=1S/C13H12N2O2/c16-10-11-5-4-8-15(9-11)14-13(17)12-6-2-1-3-7-12/h1-9,16H,10H2/p+1. The first-order valence-corrected chi connectivity index (χ1v) is 5.27. The molecule has 1 amide bonds. The maximum atomic E-state index is 11.8. The lowest BCUT2D eigenvalue weighted by atomic mass is 10.2. The van der Waals surface area contributed by atoms with Gasteiger partial charge in [0.05, 0.1) is 6.61 Å². The molecule has 17 heavy (non-hydrogen) atoms. The molecule has 0 radical (unpaired) electrons. The molecule has 4 nitrogen and oxygen atoms in total. The summed E-state index contributed by atoms with van der Waals surface area (Å²) in [4.78, 5) is 11.8. The van der Waals surface area contributed by atoms with Crippen LogP contribution < -0.4 is 10.1 Å². The average molecular weight is 229 g/mol. The second kappa shape index (κ2) is 5.23. The number of nitrogens with zero attached hydrogens (tertiary/aromatic N) is 1. The third kappa shape index (κ3) is 2.89. The Morgan fingerprint density at radius 3 is 2.65 bits per heavy atom. The fraction of sp³-hybridized carbons (Fsp3) is 0.0769. The molecule has 0 bridgehead atoms. The van der Waals surface area contributed by atoms with Gasteiger partial charge in [0.25, 0.3) is 0 Å². The van der Waals surface area contributed by atoms with Crippen molar-refractivity contribution in [2.75, 3.05) is 5.43 Å². The molecule has 1 aromatic carbocycles. The van der Waals surface area contributed by atoms with Crippen LogP contribution in [-0.2, 0) is 6.61 Å². The van der Waals surface area contributed by atoms with Crippen molar-refractivity contribution in [1.29, 1.82) is 0 Å². The fourth-order valence-electron chi connectivity index (χ4n) is 1.46. The molecule has 0 fully saturated rings. The zero-order valence-electron chi connectivity index (χ0n) is 9.21. The van der Waals surface area contributed by atoms with E-state index in [1.54, 1.807) is 36.7 Å². The Morgan fingerprint density at radius 2 is 1.94 bits per heavy atom. The molecule has 1 heterocycles. The van der Waals surface area contributed by atoms with Crippen molar-refractivity contribution in [3.63, 3.8) is 0 Å². The number of benzene rings is 1. The normalized spacial score (nSPS) is 9.94. The first kappa shape index (κ1) is 11.3. The minimum Gasteiger partial charge on any atom is -0.391 e. The van der Waals surface area contributed by atoms with Crippen LogP contribution in [-0.4, -0.2) is 11.0 Å². The molecule has 86 valence electrons. The summed E-state index contributed by atoms with van der Waals surface area (Å²) in [6, 6.07) is 12.5. The minimum absolute atomic E-state index is 0.0535. The van der Waals surface area contributed by atoms with Gasteiger partial charge in [-0.05, 0) is 18.2 Å². The van der Waals surface area contributed by atoms with Crippen LogP contribution in [0.25, 0.3) is 0 Å². The van der Waals surface area contributed by atoms with E-state index in [9.17, 15) is 4.79 Å². The van der Waals surface area contributed by atoms with E-state index in [0.29, 0.717) is 5.56 Å². The topological polar surface area (TPSA) is 53.2 Å². The Balaban J connectivity index is 2.13. The van der Waals surface area contributed by atoms with Crippen LogP contribution in [0, 0.1) is 0 Å². The van der Waals surface area contributed by atoms with Crippen molar-refractivity contribution in [1.82, 2.24) is 0 Å². The summed E-state index contributed by atoms with van der Waals surface area (Å²) in [7, 11) is 0. The summed E-state index contributed by atoms with van der Waals surface area (Å²) >= 11 is 0. The Labute approximate surface area is 99.1 Å². The van der Waals surface area contributed by atoms with Crippen molar-refractivity contribution in [3.8, 4) is 0 Å². The van der Waals surface area contributed by atoms with E-state index in [4.69, 9.17) is 5.11 Å². The molecule has 1 aromatic heterocycles. The molecule has 0 atom stereocenters. The SMILES string of the molecule is O=C(N[n+]1cccc(CO)c1)c1ccccc1. The van der Waals surface area contributed by atoms with Gasteiger partial charge in [0.15, 0.2) is 6.20 Å². The summed E-state index contributed by atoms with van der Waals surface area (Å²) in [5.41, 5.74) is 4.03. The lowest BCUT2D eigenvalue weighted by molar-refractivity contribution is -0.641. The number of aromatic nitrogens is 1. The highest BCUT2D eigenvalue weighted by Crippen LogP contribution is 1.98. The monoisotopic (exact) mass is 229 g/mol. The summed E-state index contributed by atoms with van der Waals surface area (Å²) in [5.74, 6) is -0.189. The Hall–Kier alpha value is -2.20. The number of amides is 1. The molecule has 0 spiro atoms. The number of hydrogen-bond acceptors (Lipinski definition) is 2. The van der Waals surface area contributed by atoms with Crippen LogP contribution >= 0.6 is 0 Å². The smallest absolute Gasteiger partial charge is 0.305 e. The van der Waals surface area contributed by atoms with Gasteiger partial charge >= 0.3 is 5.91 Å². The largest absolute Gasteiger partial charge is 0.391 e. The number of carbonyl (C=O) groups excluding carboxylic acids is 1. The molecule has 2 N–H and O–H groups in total. The molecule has 4 heteroatoms. The highest BCUT2D eigenvalue weighted by Gasteiger charge is 2.10. The Morgan fingerprint density at radius 1 is 1.18 bits per heavy atom. The van der Waals surface area contributed by atoms with Gasteiger partial charge in [-0.15, -0.1) is 5.43 Å². The van der Waals surface area contributed by atoms with Crippen molar-refractivity contribution >= 4 is 5.91 Å². The van der Waals surface area contributed by atoms with E-state index in [1.807, 2.05) is 18.2 Å². The second-order valence-electron chi connectivity index (χ2n) is 3.58. The Bertz CT molecular complexity index is 512. The van der Waals surface area contributed by atoms with Gasteiger partial charge in [-0.2, -0.15) is 0 Å². The van der Waals surface area contributed by atoms with Gasteiger partial charge in [-0.3, -0.25) is 4.79 Å². The molecule has 0 saturated heterocycles. The van der Waals surface area contributed by atoms with Crippen LogP contribution in [0.15, 0.2) is 54.9 Å². The van der Waals surface area contributed by atoms with Crippen molar-refractivity contribution in [2.24, 2.45) is 0 Å². The van der Waals surface area contributed by atoms with Gasteiger partial charge in [0, 0.05) is 17.2 Å². The van der Waals surface area contributed by atoms with Gasteiger partial charge in [-0.25, -0.2) is 0 Å². The van der Waals surface area contributed by atoms with Crippen LogP contribution in [0.5, 0.6) is 0 Å². The number of rotatable bonds is 3. The number of nitrogens with one attached hydrogen (secondary N) is 1. The second-order valence-corrected chi connectivity index (χ2v) is 3.58. The first-order chi connectivity index (χ1) is 8.29. The third-order valence-corrected chi connectivity index (χ3v) is 2.31. The summed E-state index contributed by atoms with van der Waals surface area (Å²) in [5, 5.41) is 8.99. The van der Waals surface area contributed by atoms with Crippen molar-refractivity contribution in [2.45, 2.75) is 6.61 Å². The van der Waals surface area contributed by atoms with Crippen LogP contribution in [0.1, 0.15) is 15.9 Å². The lowest BCUT2D eigenvalue weighted by Gasteiger charge is -2.00. The quantitative estimate of drug-likeness (QED) is 0.767. The highest BCUT2D eigenvalue weighted by atomic mass is 16.3. The number of aliphatic hydroxyl groups is 1. The van der Waals surface area contributed by atoms with Gasteiger partial charge in [0.1, 0.15) is 0 Å². The lowest BCUT2D eigenvalue weighted by Crippen LogP contribution is -2.48. The molecular formula is C13H13N2O2+. The molecule has 0 unspecified atom stereocenters. The maximum absolute atomic E-state index is 11.8. The zero-order chi connectivity index (χ0) is 12.1. The summed E-state index contributed by atoms with van der Waals surface area (Å²) < 4.78 is 1.53. The van der Waals surface area contributed by atoms with E-state index in [-0.39, 0.29) is 12.5 Å². The van der Waals surface area contributed by atoms with Gasteiger partial charge in [-0.1, -0.05) is 22.9 Å². The molecule has 0 saturated carbocycles.